The zero-order valence-electron chi connectivity index (χ0n) is 9.09. The summed E-state index contributed by atoms with van der Waals surface area (Å²) in [5.41, 5.74) is 7.22. The molecule has 0 fully saturated rings. The van der Waals surface area contributed by atoms with E-state index >= 15 is 0 Å². The number of phenolic OH excluding ortho intramolecular Hbond substituents is 1. The van der Waals surface area contributed by atoms with Gasteiger partial charge in [-0.05, 0) is 38.0 Å². The maximum atomic E-state index is 9.76. The molecule has 3 N–H and O–H groups in total. The number of hydrogen-bond donors (Lipinski definition) is 2. The van der Waals surface area contributed by atoms with Gasteiger partial charge in [0.25, 0.3) is 0 Å². The molecule has 0 spiro atoms. The molecule has 0 heterocycles. The first kappa shape index (κ1) is 10.9. The summed E-state index contributed by atoms with van der Waals surface area (Å²) in [6, 6.07) is 3.61. The van der Waals surface area contributed by atoms with E-state index in [9.17, 15) is 5.11 Å². The Morgan fingerprint density at radius 3 is 2.36 bits per heavy atom. The molecule has 1 aromatic rings. The SMILES string of the molecule is COc1ccc(C(C)(C)N)c(C)c1O. The zero-order valence-corrected chi connectivity index (χ0v) is 9.09. The Morgan fingerprint density at radius 1 is 1.36 bits per heavy atom. The van der Waals surface area contributed by atoms with Crippen molar-refractivity contribution >= 4 is 0 Å². The van der Waals surface area contributed by atoms with Gasteiger partial charge in [0.1, 0.15) is 0 Å². The Balaban J connectivity index is 3.31. The molecule has 0 radical (unpaired) electrons. The molecule has 3 heteroatoms. The Kier molecular flexibility index (Phi) is 2.71. The van der Waals surface area contributed by atoms with E-state index < -0.39 is 5.54 Å². The van der Waals surface area contributed by atoms with Crippen molar-refractivity contribution in [3.63, 3.8) is 0 Å². The Hall–Kier alpha value is -1.22. The molecule has 78 valence electrons. The van der Waals surface area contributed by atoms with Crippen LogP contribution in [0.2, 0.25) is 0 Å². The first-order chi connectivity index (χ1) is 6.38. The van der Waals surface area contributed by atoms with E-state index in [4.69, 9.17) is 10.5 Å². The van der Waals surface area contributed by atoms with Gasteiger partial charge in [-0.2, -0.15) is 0 Å². The molecule has 0 atom stereocenters. The fourth-order valence-electron chi connectivity index (χ4n) is 1.54. The highest BCUT2D eigenvalue weighted by molar-refractivity contribution is 5.50. The van der Waals surface area contributed by atoms with E-state index in [0.717, 1.165) is 11.1 Å². The Labute approximate surface area is 84.5 Å². The van der Waals surface area contributed by atoms with Gasteiger partial charge in [-0.15, -0.1) is 0 Å². The number of hydrogen-bond acceptors (Lipinski definition) is 3. The normalized spacial score (nSPS) is 11.5. The van der Waals surface area contributed by atoms with Gasteiger partial charge in [0.05, 0.1) is 7.11 Å². The van der Waals surface area contributed by atoms with Gasteiger partial charge in [0.15, 0.2) is 11.5 Å². The van der Waals surface area contributed by atoms with Crippen molar-refractivity contribution in [2.75, 3.05) is 7.11 Å². The van der Waals surface area contributed by atoms with Crippen molar-refractivity contribution in [3.05, 3.63) is 23.3 Å². The van der Waals surface area contributed by atoms with Gasteiger partial charge in [-0.3, -0.25) is 0 Å². The molecule has 0 aromatic heterocycles. The molecule has 0 aliphatic rings. The maximum absolute atomic E-state index is 9.76. The Morgan fingerprint density at radius 2 is 1.93 bits per heavy atom. The number of phenols is 1. The van der Waals surface area contributed by atoms with Crippen LogP contribution in [0, 0.1) is 6.92 Å². The molecular weight excluding hydrogens is 178 g/mol. The van der Waals surface area contributed by atoms with Crippen molar-refractivity contribution in [2.45, 2.75) is 26.3 Å². The van der Waals surface area contributed by atoms with Crippen molar-refractivity contribution in [3.8, 4) is 11.5 Å². The highest BCUT2D eigenvalue weighted by atomic mass is 16.5. The number of ether oxygens (including phenoxy) is 1. The van der Waals surface area contributed by atoms with Gasteiger partial charge < -0.3 is 15.6 Å². The van der Waals surface area contributed by atoms with Gasteiger partial charge in [-0.25, -0.2) is 0 Å². The van der Waals surface area contributed by atoms with Crippen molar-refractivity contribution in [1.29, 1.82) is 0 Å². The third-order valence-electron chi connectivity index (χ3n) is 2.31. The lowest BCUT2D eigenvalue weighted by Crippen LogP contribution is -2.29. The van der Waals surface area contributed by atoms with E-state index in [2.05, 4.69) is 0 Å². The van der Waals surface area contributed by atoms with Gasteiger partial charge in [0.2, 0.25) is 0 Å². The lowest BCUT2D eigenvalue weighted by molar-refractivity contribution is 0.369. The molecule has 0 saturated heterocycles. The molecule has 0 amide bonds. The van der Waals surface area contributed by atoms with E-state index in [1.54, 1.807) is 6.07 Å². The molecular formula is C11H17NO2. The fourth-order valence-corrected chi connectivity index (χ4v) is 1.54. The second kappa shape index (κ2) is 3.50. The predicted octanol–water partition coefficient (Wildman–Crippen LogP) is 1.90. The summed E-state index contributed by atoms with van der Waals surface area (Å²) >= 11 is 0. The first-order valence-electron chi connectivity index (χ1n) is 4.54. The molecule has 0 aliphatic heterocycles. The van der Waals surface area contributed by atoms with Crippen LogP contribution in [0.15, 0.2) is 12.1 Å². The molecule has 0 bridgehead atoms. The van der Waals surface area contributed by atoms with Gasteiger partial charge in [0, 0.05) is 5.54 Å². The second-order valence-electron chi connectivity index (χ2n) is 4.01. The van der Waals surface area contributed by atoms with E-state index in [1.165, 1.54) is 7.11 Å². The number of benzene rings is 1. The van der Waals surface area contributed by atoms with Crippen molar-refractivity contribution in [2.24, 2.45) is 5.73 Å². The summed E-state index contributed by atoms with van der Waals surface area (Å²) in [5, 5.41) is 9.76. The third-order valence-corrected chi connectivity index (χ3v) is 2.31. The average molecular weight is 195 g/mol. The second-order valence-corrected chi connectivity index (χ2v) is 4.01. The van der Waals surface area contributed by atoms with Crippen LogP contribution in [0.5, 0.6) is 11.5 Å². The number of aromatic hydroxyl groups is 1. The van der Waals surface area contributed by atoms with Crippen LogP contribution in [-0.4, -0.2) is 12.2 Å². The number of methoxy groups -OCH3 is 1. The summed E-state index contributed by atoms with van der Waals surface area (Å²) in [6.07, 6.45) is 0. The van der Waals surface area contributed by atoms with E-state index in [-0.39, 0.29) is 5.75 Å². The van der Waals surface area contributed by atoms with Crippen molar-refractivity contribution in [1.82, 2.24) is 0 Å². The summed E-state index contributed by atoms with van der Waals surface area (Å²) in [6.45, 7) is 5.64. The lowest BCUT2D eigenvalue weighted by Gasteiger charge is -2.22. The zero-order chi connectivity index (χ0) is 10.9. The monoisotopic (exact) mass is 195 g/mol. The van der Waals surface area contributed by atoms with Crippen LogP contribution in [0.1, 0.15) is 25.0 Å². The van der Waals surface area contributed by atoms with Crippen LogP contribution < -0.4 is 10.5 Å². The number of rotatable bonds is 2. The van der Waals surface area contributed by atoms with Crippen molar-refractivity contribution < 1.29 is 9.84 Å². The number of nitrogens with two attached hydrogens (primary N) is 1. The van der Waals surface area contributed by atoms with Crippen LogP contribution in [0.25, 0.3) is 0 Å². The smallest absolute Gasteiger partial charge is 0.160 e. The molecule has 3 nitrogen and oxygen atoms in total. The fraction of sp³-hybridized carbons (Fsp3) is 0.455. The first-order valence-corrected chi connectivity index (χ1v) is 4.54. The van der Waals surface area contributed by atoms with Gasteiger partial charge in [-0.1, -0.05) is 6.07 Å². The highest BCUT2D eigenvalue weighted by Crippen LogP contribution is 2.34. The molecule has 14 heavy (non-hydrogen) atoms. The van der Waals surface area contributed by atoms with Crippen LogP contribution in [0.3, 0.4) is 0 Å². The summed E-state index contributed by atoms with van der Waals surface area (Å²) in [7, 11) is 1.53. The molecule has 1 aromatic carbocycles. The highest BCUT2D eigenvalue weighted by Gasteiger charge is 2.20. The van der Waals surface area contributed by atoms with Crippen LogP contribution >= 0.6 is 0 Å². The minimum Gasteiger partial charge on any atom is -0.504 e. The average Bonchev–Trinajstić information content (AvgIpc) is 2.07. The summed E-state index contributed by atoms with van der Waals surface area (Å²) in [4.78, 5) is 0. The summed E-state index contributed by atoms with van der Waals surface area (Å²) in [5.74, 6) is 0.652. The summed E-state index contributed by atoms with van der Waals surface area (Å²) < 4.78 is 5.00. The van der Waals surface area contributed by atoms with Crippen LogP contribution in [0.4, 0.5) is 0 Å². The molecule has 1 rings (SSSR count). The Bertz CT molecular complexity index is 340. The topological polar surface area (TPSA) is 55.5 Å². The lowest BCUT2D eigenvalue weighted by atomic mass is 9.91. The van der Waals surface area contributed by atoms with E-state index in [1.807, 2.05) is 26.8 Å². The maximum Gasteiger partial charge on any atom is 0.160 e. The largest absolute Gasteiger partial charge is 0.504 e. The van der Waals surface area contributed by atoms with Crippen LogP contribution in [-0.2, 0) is 5.54 Å². The molecule has 0 aliphatic carbocycles. The van der Waals surface area contributed by atoms with E-state index in [0.29, 0.717) is 5.75 Å². The molecule has 0 saturated carbocycles. The molecule has 0 unspecified atom stereocenters. The third kappa shape index (κ3) is 1.82. The minimum absolute atomic E-state index is 0.170. The standard InChI is InChI=1S/C11H17NO2/c1-7-8(11(2,3)12)5-6-9(14-4)10(7)13/h5-6,13H,12H2,1-4H3. The predicted molar refractivity (Wildman–Crippen MR) is 56.6 cm³/mol. The minimum atomic E-state index is -0.451. The van der Waals surface area contributed by atoms with Gasteiger partial charge >= 0.3 is 0 Å². The quantitative estimate of drug-likeness (QED) is 0.757.